The fraction of sp³-hybridized carbons (Fsp3) is 0.882. The van der Waals surface area contributed by atoms with Crippen LogP contribution in [0.2, 0.25) is 0 Å². The van der Waals surface area contributed by atoms with Crippen LogP contribution in [0.3, 0.4) is 0 Å². The highest BCUT2D eigenvalue weighted by molar-refractivity contribution is 5.78. The summed E-state index contributed by atoms with van der Waals surface area (Å²) in [6, 6.07) is 0.396. The molecule has 0 spiro atoms. The van der Waals surface area contributed by atoms with E-state index in [0.717, 1.165) is 32.5 Å². The predicted molar refractivity (Wildman–Crippen MR) is 91.3 cm³/mol. The summed E-state index contributed by atoms with van der Waals surface area (Å²) in [4.78, 5) is 28.2. The van der Waals surface area contributed by atoms with Crippen molar-refractivity contribution in [2.75, 3.05) is 39.3 Å². The molecule has 3 amide bonds. The maximum Gasteiger partial charge on any atom is 0.317 e. The first-order valence-electron chi connectivity index (χ1n) is 9.14. The van der Waals surface area contributed by atoms with Crippen molar-refractivity contribution >= 4 is 11.9 Å². The minimum absolute atomic E-state index is 0.0684. The van der Waals surface area contributed by atoms with Gasteiger partial charge in [0.2, 0.25) is 5.91 Å². The van der Waals surface area contributed by atoms with Crippen molar-refractivity contribution in [3.05, 3.63) is 0 Å². The van der Waals surface area contributed by atoms with Gasteiger partial charge in [-0.2, -0.15) is 0 Å². The van der Waals surface area contributed by atoms with E-state index in [1.54, 1.807) is 0 Å². The van der Waals surface area contributed by atoms with Crippen LogP contribution in [0.25, 0.3) is 0 Å². The molecule has 2 atom stereocenters. The van der Waals surface area contributed by atoms with E-state index < -0.39 is 0 Å². The fourth-order valence-corrected chi connectivity index (χ4v) is 3.41. The summed E-state index contributed by atoms with van der Waals surface area (Å²) in [5.41, 5.74) is 0. The van der Waals surface area contributed by atoms with Gasteiger partial charge in [0.1, 0.15) is 0 Å². The van der Waals surface area contributed by atoms with Crippen LogP contribution in [-0.2, 0) is 4.79 Å². The molecule has 6 heteroatoms. The molecule has 0 aromatic heterocycles. The Labute approximate surface area is 140 Å². The molecule has 2 aliphatic rings. The van der Waals surface area contributed by atoms with Crippen molar-refractivity contribution in [2.45, 2.75) is 52.0 Å². The molecule has 2 fully saturated rings. The van der Waals surface area contributed by atoms with Gasteiger partial charge >= 0.3 is 6.03 Å². The number of piperazine rings is 1. The third kappa shape index (κ3) is 5.68. The zero-order chi connectivity index (χ0) is 16.7. The minimum atomic E-state index is 0.0684. The molecule has 23 heavy (non-hydrogen) atoms. The lowest BCUT2D eigenvalue weighted by Gasteiger charge is -2.36. The van der Waals surface area contributed by atoms with Gasteiger partial charge in [-0.3, -0.25) is 9.69 Å². The van der Waals surface area contributed by atoms with Crippen LogP contribution in [0.1, 0.15) is 46.0 Å². The Balaban J connectivity index is 1.69. The Kier molecular flexibility index (Phi) is 7.15. The van der Waals surface area contributed by atoms with E-state index >= 15 is 0 Å². The normalized spacial score (nSPS) is 25.9. The summed E-state index contributed by atoms with van der Waals surface area (Å²) in [7, 11) is 0. The molecule has 2 N–H and O–H groups in total. The van der Waals surface area contributed by atoms with Crippen LogP contribution in [0.5, 0.6) is 0 Å². The van der Waals surface area contributed by atoms with E-state index in [1.165, 1.54) is 19.3 Å². The topological polar surface area (TPSA) is 64.7 Å². The average Bonchev–Trinajstić information content (AvgIpc) is 2.55. The van der Waals surface area contributed by atoms with E-state index in [4.69, 9.17) is 0 Å². The van der Waals surface area contributed by atoms with Crippen LogP contribution < -0.4 is 10.6 Å². The molecule has 1 saturated heterocycles. The van der Waals surface area contributed by atoms with Crippen LogP contribution in [-0.4, -0.2) is 67.0 Å². The molecular formula is C17H32N4O2. The van der Waals surface area contributed by atoms with Gasteiger partial charge in [-0.1, -0.05) is 26.7 Å². The van der Waals surface area contributed by atoms with E-state index in [9.17, 15) is 9.59 Å². The molecule has 1 aliphatic carbocycles. The van der Waals surface area contributed by atoms with Gasteiger partial charge in [-0.15, -0.1) is 0 Å². The van der Waals surface area contributed by atoms with Crippen molar-refractivity contribution in [1.82, 2.24) is 20.4 Å². The van der Waals surface area contributed by atoms with Gasteiger partial charge in [-0.05, 0) is 25.2 Å². The minimum Gasteiger partial charge on any atom is -0.355 e. The lowest BCUT2D eigenvalue weighted by molar-refractivity contribution is -0.122. The van der Waals surface area contributed by atoms with Crippen molar-refractivity contribution in [2.24, 2.45) is 5.92 Å². The lowest BCUT2D eigenvalue weighted by atomic mass is 9.86. The van der Waals surface area contributed by atoms with E-state index in [2.05, 4.69) is 22.5 Å². The first-order valence-corrected chi connectivity index (χ1v) is 9.14. The Bertz CT molecular complexity index is 394. The molecule has 0 bridgehead atoms. The molecule has 2 rings (SSSR count). The number of amides is 3. The zero-order valence-electron chi connectivity index (χ0n) is 14.6. The summed E-state index contributed by atoms with van der Waals surface area (Å²) in [6.45, 7) is 8.40. The van der Waals surface area contributed by atoms with Gasteiger partial charge in [0, 0.05) is 38.8 Å². The summed E-state index contributed by atoms with van der Waals surface area (Å²) in [5.74, 6) is 0.664. The zero-order valence-corrected chi connectivity index (χ0v) is 14.6. The molecule has 2 unspecified atom stereocenters. The smallest absolute Gasteiger partial charge is 0.317 e. The summed E-state index contributed by atoms with van der Waals surface area (Å²) in [6.07, 6.45) is 5.78. The molecule has 1 aliphatic heterocycles. The summed E-state index contributed by atoms with van der Waals surface area (Å²) < 4.78 is 0. The Hall–Kier alpha value is -1.30. The number of hydrogen-bond acceptors (Lipinski definition) is 3. The molecule has 0 radical (unpaired) electrons. The van der Waals surface area contributed by atoms with Crippen molar-refractivity contribution < 1.29 is 9.59 Å². The van der Waals surface area contributed by atoms with Crippen LogP contribution in [0.4, 0.5) is 4.79 Å². The first kappa shape index (κ1) is 18.0. The number of urea groups is 1. The van der Waals surface area contributed by atoms with Gasteiger partial charge in [-0.25, -0.2) is 4.79 Å². The van der Waals surface area contributed by atoms with Crippen molar-refractivity contribution in [3.8, 4) is 0 Å². The summed E-state index contributed by atoms with van der Waals surface area (Å²) >= 11 is 0. The molecule has 0 aromatic rings. The number of carbonyl (C=O) groups is 2. The second-order valence-corrected chi connectivity index (χ2v) is 6.93. The number of carbonyl (C=O) groups excluding carboxylic acids is 2. The maximum atomic E-state index is 12.4. The summed E-state index contributed by atoms with van der Waals surface area (Å²) in [5, 5.41) is 6.11. The highest BCUT2D eigenvalue weighted by Gasteiger charge is 2.27. The molecule has 1 saturated carbocycles. The second kappa shape index (κ2) is 9.11. The largest absolute Gasteiger partial charge is 0.355 e. The SMILES string of the molecule is CCCNC(=O)CN1CCN(C(=O)NC2CCCCC2C)CC1. The van der Waals surface area contributed by atoms with Gasteiger partial charge in [0.15, 0.2) is 0 Å². The van der Waals surface area contributed by atoms with Gasteiger partial charge in [0.05, 0.1) is 6.54 Å². The van der Waals surface area contributed by atoms with Gasteiger partial charge in [0.25, 0.3) is 0 Å². The first-order chi connectivity index (χ1) is 11.1. The molecule has 0 aromatic carbocycles. The molecule has 132 valence electrons. The monoisotopic (exact) mass is 324 g/mol. The fourth-order valence-electron chi connectivity index (χ4n) is 3.41. The number of nitrogens with zero attached hydrogens (tertiary/aromatic N) is 2. The van der Waals surface area contributed by atoms with E-state index in [1.807, 2.05) is 11.8 Å². The van der Waals surface area contributed by atoms with Crippen molar-refractivity contribution in [1.29, 1.82) is 0 Å². The molecule has 6 nitrogen and oxygen atoms in total. The third-order valence-corrected chi connectivity index (χ3v) is 5.02. The number of nitrogens with one attached hydrogen (secondary N) is 2. The number of rotatable bonds is 5. The second-order valence-electron chi connectivity index (χ2n) is 6.93. The number of hydrogen-bond donors (Lipinski definition) is 2. The predicted octanol–water partition coefficient (Wildman–Crippen LogP) is 1.42. The Morgan fingerprint density at radius 1 is 1.09 bits per heavy atom. The van der Waals surface area contributed by atoms with E-state index in [-0.39, 0.29) is 11.9 Å². The average molecular weight is 324 g/mol. The van der Waals surface area contributed by atoms with E-state index in [0.29, 0.717) is 31.6 Å². The lowest BCUT2D eigenvalue weighted by Crippen LogP contribution is -2.55. The highest BCUT2D eigenvalue weighted by atomic mass is 16.2. The highest BCUT2D eigenvalue weighted by Crippen LogP contribution is 2.23. The quantitative estimate of drug-likeness (QED) is 0.804. The Morgan fingerprint density at radius 2 is 1.78 bits per heavy atom. The van der Waals surface area contributed by atoms with Crippen LogP contribution in [0, 0.1) is 5.92 Å². The van der Waals surface area contributed by atoms with Gasteiger partial charge < -0.3 is 15.5 Å². The standard InChI is InChI=1S/C17H32N4O2/c1-3-8-18-16(22)13-20-9-11-21(12-10-20)17(23)19-15-7-5-4-6-14(15)2/h14-15H,3-13H2,1-2H3,(H,18,22)(H,19,23). The maximum absolute atomic E-state index is 12.4. The Morgan fingerprint density at radius 3 is 2.43 bits per heavy atom. The van der Waals surface area contributed by atoms with Crippen LogP contribution >= 0.6 is 0 Å². The van der Waals surface area contributed by atoms with Crippen LogP contribution in [0.15, 0.2) is 0 Å². The molecular weight excluding hydrogens is 292 g/mol. The third-order valence-electron chi connectivity index (χ3n) is 5.02. The van der Waals surface area contributed by atoms with Crippen molar-refractivity contribution in [3.63, 3.8) is 0 Å². The molecule has 1 heterocycles.